The second-order valence-electron chi connectivity index (χ2n) is 7.00. The Balaban J connectivity index is 1.53. The normalized spacial score (nSPS) is 10.8. The number of pyridine rings is 3. The minimum absolute atomic E-state index is 0.288. The van der Waals surface area contributed by atoms with Crippen LogP contribution in [0, 0.1) is 6.92 Å². The number of carbonyl (C=O) groups excluding carboxylic acids is 1. The quantitative estimate of drug-likeness (QED) is 0.354. The minimum atomic E-state index is -0.366. The van der Waals surface area contributed by atoms with Gasteiger partial charge >= 0.3 is 0 Å². The van der Waals surface area contributed by atoms with Crippen LogP contribution in [0.2, 0.25) is 10.2 Å². The highest BCUT2D eigenvalue weighted by Gasteiger charge is 2.19. The number of rotatable bonds is 7. The predicted molar refractivity (Wildman–Crippen MR) is 128 cm³/mol. The van der Waals surface area contributed by atoms with Gasteiger partial charge in [-0.05, 0) is 37.6 Å². The molecular weight excluding hydrogens is 483 g/mol. The van der Waals surface area contributed by atoms with Crippen molar-refractivity contribution in [2.45, 2.75) is 19.8 Å². The third kappa shape index (κ3) is 5.62. The number of ether oxygens (including phenoxy) is 1. The fraction of sp³-hybridized carbons (Fsp3) is 0.182. The molecule has 0 saturated carbocycles. The van der Waals surface area contributed by atoms with Crippen molar-refractivity contribution >= 4 is 45.6 Å². The zero-order chi connectivity index (χ0) is 23.4. The van der Waals surface area contributed by atoms with Crippen molar-refractivity contribution in [3.8, 4) is 16.9 Å². The monoisotopic (exact) mass is 500 g/mol. The summed E-state index contributed by atoms with van der Waals surface area (Å²) in [5.74, 6) is 0.127. The summed E-state index contributed by atoms with van der Waals surface area (Å²) in [6.07, 6.45) is 5.98. The molecule has 0 aliphatic heterocycles. The van der Waals surface area contributed by atoms with E-state index in [0.717, 1.165) is 16.4 Å². The third-order valence-corrected chi connectivity index (χ3v) is 6.03. The van der Waals surface area contributed by atoms with Crippen LogP contribution in [0.4, 0.5) is 5.13 Å². The van der Waals surface area contributed by atoms with Crippen LogP contribution in [0.5, 0.6) is 5.75 Å². The van der Waals surface area contributed by atoms with E-state index >= 15 is 0 Å². The number of methoxy groups -OCH3 is 1. The molecule has 0 saturated heterocycles. The zero-order valence-electron chi connectivity index (χ0n) is 17.7. The van der Waals surface area contributed by atoms with Crippen LogP contribution in [-0.2, 0) is 12.8 Å². The number of aromatic nitrogens is 5. The van der Waals surface area contributed by atoms with E-state index in [1.807, 2.05) is 13.0 Å². The van der Waals surface area contributed by atoms with Crippen molar-refractivity contribution < 1.29 is 9.53 Å². The molecule has 0 radical (unpaired) electrons. The predicted octanol–water partition coefficient (Wildman–Crippen LogP) is 5.05. The lowest BCUT2D eigenvalue weighted by atomic mass is 10.0. The molecule has 1 amide bonds. The number of anilines is 1. The van der Waals surface area contributed by atoms with Gasteiger partial charge in [-0.3, -0.25) is 20.1 Å². The molecule has 0 atom stereocenters. The van der Waals surface area contributed by atoms with E-state index < -0.39 is 0 Å². The molecule has 4 heterocycles. The van der Waals surface area contributed by atoms with E-state index in [0.29, 0.717) is 45.4 Å². The summed E-state index contributed by atoms with van der Waals surface area (Å²) in [5.41, 5.74) is 3.26. The van der Waals surface area contributed by atoms with Crippen LogP contribution >= 0.6 is 34.5 Å². The summed E-state index contributed by atoms with van der Waals surface area (Å²) in [7, 11) is 1.53. The van der Waals surface area contributed by atoms with Gasteiger partial charge in [-0.1, -0.05) is 34.5 Å². The van der Waals surface area contributed by atoms with Crippen LogP contribution in [0.15, 0.2) is 42.9 Å². The molecule has 0 aliphatic rings. The number of halogens is 2. The van der Waals surface area contributed by atoms with Gasteiger partial charge in [-0.25, -0.2) is 4.98 Å². The number of nitrogens with zero attached hydrogens (tertiary/aromatic N) is 5. The van der Waals surface area contributed by atoms with Crippen LogP contribution in [0.1, 0.15) is 26.8 Å². The Kier molecular flexibility index (Phi) is 7.12. The molecule has 168 valence electrons. The Hall–Kier alpha value is -3.14. The number of nitrogens with one attached hydrogen (secondary N) is 1. The molecule has 11 heteroatoms. The highest BCUT2D eigenvalue weighted by atomic mass is 35.5. The Bertz CT molecular complexity index is 1300. The van der Waals surface area contributed by atoms with Gasteiger partial charge in [-0.2, -0.15) is 0 Å². The second kappa shape index (κ2) is 10.2. The number of amides is 1. The smallest absolute Gasteiger partial charge is 0.259 e. The van der Waals surface area contributed by atoms with Gasteiger partial charge in [-0.15, -0.1) is 10.2 Å². The van der Waals surface area contributed by atoms with Crippen molar-refractivity contribution in [1.29, 1.82) is 0 Å². The molecular formula is C22H18Cl2N6O2S. The molecule has 1 N–H and O–H groups in total. The zero-order valence-corrected chi connectivity index (χ0v) is 20.0. The number of hydrogen-bond acceptors (Lipinski definition) is 8. The van der Waals surface area contributed by atoms with Crippen LogP contribution in [0.25, 0.3) is 11.1 Å². The maximum atomic E-state index is 13.1. The van der Waals surface area contributed by atoms with Crippen molar-refractivity contribution in [2.75, 3.05) is 12.4 Å². The maximum Gasteiger partial charge on any atom is 0.259 e. The van der Waals surface area contributed by atoms with E-state index in [1.54, 1.807) is 24.4 Å². The van der Waals surface area contributed by atoms with Gasteiger partial charge in [0.1, 0.15) is 15.9 Å². The minimum Gasteiger partial charge on any atom is -0.494 e. The first-order valence-electron chi connectivity index (χ1n) is 9.83. The van der Waals surface area contributed by atoms with Crippen LogP contribution in [-0.4, -0.2) is 38.2 Å². The van der Waals surface area contributed by atoms with Gasteiger partial charge in [0.15, 0.2) is 0 Å². The third-order valence-electron chi connectivity index (χ3n) is 4.70. The Morgan fingerprint density at radius 1 is 1.03 bits per heavy atom. The molecule has 0 fully saturated rings. The first kappa shape index (κ1) is 23.0. The summed E-state index contributed by atoms with van der Waals surface area (Å²) in [6.45, 7) is 1.84. The standard InChI is InChI=1S/C22H18Cl2N6O2S/c1-12-7-15(16-8-19(24)27-11-18(16)32-2)17(10-25-12)21(31)28-22-30-29-20(33-22)6-5-14-4-3-13(23)9-26-14/h3-4,7-11H,5-6H2,1-2H3,(H,28,30,31). The average Bonchev–Trinajstić information content (AvgIpc) is 3.25. The number of aryl methyl sites for hydroxylation is 3. The molecule has 0 bridgehead atoms. The van der Waals surface area contributed by atoms with Crippen LogP contribution in [0.3, 0.4) is 0 Å². The number of hydrogen-bond donors (Lipinski definition) is 1. The van der Waals surface area contributed by atoms with E-state index in [2.05, 4.69) is 30.5 Å². The summed E-state index contributed by atoms with van der Waals surface area (Å²) in [5, 5.41) is 13.1. The Labute approximate surface area is 204 Å². The van der Waals surface area contributed by atoms with Gasteiger partial charge in [0.25, 0.3) is 5.91 Å². The summed E-state index contributed by atoms with van der Waals surface area (Å²) in [4.78, 5) is 25.7. The maximum absolute atomic E-state index is 13.1. The van der Waals surface area contributed by atoms with Crippen LogP contribution < -0.4 is 10.1 Å². The fourth-order valence-electron chi connectivity index (χ4n) is 3.11. The van der Waals surface area contributed by atoms with E-state index in [4.69, 9.17) is 27.9 Å². The molecule has 0 aliphatic carbocycles. The molecule has 0 unspecified atom stereocenters. The molecule has 8 nitrogen and oxygen atoms in total. The first-order chi connectivity index (χ1) is 15.9. The van der Waals surface area contributed by atoms with Crippen molar-refractivity contribution in [2.24, 2.45) is 0 Å². The van der Waals surface area contributed by atoms with Crippen molar-refractivity contribution in [3.63, 3.8) is 0 Å². The van der Waals surface area contributed by atoms with Gasteiger partial charge < -0.3 is 4.74 Å². The molecule has 4 aromatic rings. The lowest BCUT2D eigenvalue weighted by molar-refractivity contribution is 0.102. The summed E-state index contributed by atoms with van der Waals surface area (Å²) in [6, 6.07) is 7.12. The molecule has 4 aromatic heterocycles. The van der Waals surface area contributed by atoms with Crippen molar-refractivity contribution in [3.05, 3.63) is 75.0 Å². The highest BCUT2D eigenvalue weighted by molar-refractivity contribution is 7.15. The molecule has 0 spiro atoms. The topological polar surface area (TPSA) is 103 Å². The van der Waals surface area contributed by atoms with Gasteiger partial charge in [0.2, 0.25) is 5.13 Å². The van der Waals surface area contributed by atoms with E-state index in [9.17, 15) is 4.79 Å². The van der Waals surface area contributed by atoms with Gasteiger partial charge in [0.05, 0.1) is 23.9 Å². The summed E-state index contributed by atoms with van der Waals surface area (Å²) >= 11 is 13.3. The first-order valence-corrected chi connectivity index (χ1v) is 11.4. The average molecular weight is 501 g/mol. The molecule has 4 rings (SSSR count). The Morgan fingerprint density at radius 3 is 2.64 bits per heavy atom. The Morgan fingerprint density at radius 2 is 1.88 bits per heavy atom. The largest absolute Gasteiger partial charge is 0.494 e. The fourth-order valence-corrected chi connectivity index (χ4v) is 4.12. The lowest BCUT2D eigenvalue weighted by Gasteiger charge is -2.13. The highest BCUT2D eigenvalue weighted by Crippen LogP contribution is 2.34. The number of carbonyl (C=O) groups is 1. The SMILES string of the molecule is COc1cnc(Cl)cc1-c1cc(C)ncc1C(=O)Nc1nnc(CCc2ccc(Cl)cn2)s1. The van der Waals surface area contributed by atoms with Crippen molar-refractivity contribution in [1.82, 2.24) is 25.1 Å². The second-order valence-corrected chi connectivity index (χ2v) is 8.89. The lowest BCUT2D eigenvalue weighted by Crippen LogP contribution is -2.14. The summed E-state index contributed by atoms with van der Waals surface area (Å²) < 4.78 is 5.41. The van der Waals surface area contributed by atoms with Gasteiger partial charge in [0, 0.05) is 41.3 Å². The molecule has 0 aromatic carbocycles. The molecule has 33 heavy (non-hydrogen) atoms. The van der Waals surface area contributed by atoms with E-state index in [1.165, 1.54) is 30.8 Å². The van der Waals surface area contributed by atoms with E-state index in [-0.39, 0.29) is 11.1 Å².